The van der Waals surface area contributed by atoms with E-state index in [4.69, 9.17) is 11.6 Å². The Balaban J connectivity index is 2.06. The number of ketones is 2. The van der Waals surface area contributed by atoms with Crippen LogP contribution in [-0.4, -0.2) is 28.3 Å². The monoisotopic (exact) mass is 351 g/mol. The zero-order chi connectivity index (χ0) is 17.7. The highest BCUT2D eigenvalue weighted by Crippen LogP contribution is 2.37. The van der Waals surface area contributed by atoms with Gasteiger partial charge in [-0.15, -0.1) is 0 Å². The summed E-state index contributed by atoms with van der Waals surface area (Å²) >= 11 is 6.02. The molecule has 0 amide bonds. The van der Waals surface area contributed by atoms with Gasteiger partial charge in [-0.3, -0.25) is 9.59 Å². The fourth-order valence-electron chi connectivity index (χ4n) is 2.76. The number of allylic oxidation sites excluding steroid dienone is 2. The van der Waals surface area contributed by atoms with Crippen molar-refractivity contribution >= 4 is 23.2 Å². The first-order valence-corrected chi connectivity index (χ1v) is 8.64. The van der Waals surface area contributed by atoms with Crippen LogP contribution in [0.2, 0.25) is 0 Å². The highest BCUT2D eigenvalue weighted by Gasteiger charge is 2.35. The highest BCUT2D eigenvalue weighted by molar-refractivity contribution is 6.50. The van der Waals surface area contributed by atoms with Crippen molar-refractivity contribution in [1.29, 1.82) is 0 Å². The lowest BCUT2D eigenvalue weighted by Crippen LogP contribution is -2.29. The number of rotatable bonds is 8. The number of nitrogens with one attached hydrogen (secondary N) is 1. The third kappa shape index (κ3) is 3.73. The maximum Gasteiger partial charge on any atom is 0.215 e. The van der Waals surface area contributed by atoms with Gasteiger partial charge in [0.2, 0.25) is 11.6 Å². The molecule has 2 rings (SSSR count). The zero-order valence-corrected chi connectivity index (χ0v) is 14.4. The summed E-state index contributed by atoms with van der Waals surface area (Å²) in [5.41, 5.74) is -0.450. The first kappa shape index (κ1) is 18.3. The van der Waals surface area contributed by atoms with Gasteiger partial charge in [-0.25, -0.2) is 0 Å². The third-order valence-corrected chi connectivity index (χ3v) is 4.45. The van der Waals surface area contributed by atoms with Crippen molar-refractivity contribution in [3.8, 4) is 11.5 Å². The van der Waals surface area contributed by atoms with Gasteiger partial charge in [-0.2, -0.15) is 0 Å². The normalized spacial score (nSPS) is 14.1. The molecule has 0 aliphatic heterocycles. The quantitative estimate of drug-likeness (QED) is 0.488. The second-order valence-electron chi connectivity index (χ2n) is 5.90. The molecule has 6 heteroatoms. The number of fused-ring (bicyclic) bond motifs is 1. The largest absolute Gasteiger partial charge is 0.507 e. The van der Waals surface area contributed by atoms with Gasteiger partial charge in [-0.05, 0) is 18.6 Å². The van der Waals surface area contributed by atoms with E-state index in [2.05, 4.69) is 12.2 Å². The fraction of sp³-hybridized carbons (Fsp3) is 0.444. The van der Waals surface area contributed by atoms with Crippen LogP contribution >= 0.6 is 11.6 Å². The van der Waals surface area contributed by atoms with Crippen LogP contribution in [-0.2, 0) is 0 Å². The standard InChI is InChI=1S/C18H22ClNO4/c1-2-3-4-5-6-7-10-20-16-15(19)17(23)13-11(21)8-9-12(22)14(13)18(16)24/h8-9,20-22H,2-7,10H2,1H3. The molecule has 3 N–H and O–H groups in total. The highest BCUT2D eigenvalue weighted by atomic mass is 35.5. The lowest BCUT2D eigenvalue weighted by atomic mass is 9.90. The molecule has 0 unspecified atom stereocenters. The summed E-state index contributed by atoms with van der Waals surface area (Å²) in [4.78, 5) is 24.8. The molecule has 5 nitrogen and oxygen atoms in total. The molecule has 1 aliphatic carbocycles. The van der Waals surface area contributed by atoms with E-state index in [1.165, 1.54) is 25.3 Å². The number of carbonyl (C=O) groups is 2. The first-order chi connectivity index (χ1) is 11.5. The van der Waals surface area contributed by atoms with Gasteiger partial charge in [0.05, 0.1) is 11.1 Å². The summed E-state index contributed by atoms with van der Waals surface area (Å²) in [7, 11) is 0. The Kier molecular flexibility index (Phi) is 6.26. The Labute approximate surface area is 146 Å². The summed E-state index contributed by atoms with van der Waals surface area (Å²) < 4.78 is 0. The molecular formula is C18H22ClNO4. The Morgan fingerprint density at radius 2 is 1.46 bits per heavy atom. The van der Waals surface area contributed by atoms with Gasteiger partial charge in [0.25, 0.3) is 0 Å². The lowest BCUT2D eigenvalue weighted by molar-refractivity contribution is 0.0969. The minimum absolute atomic E-state index is 0.0105. The Morgan fingerprint density at radius 1 is 0.917 bits per heavy atom. The number of Topliss-reactive ketones (excluding diaryl/α,β-unsaturated/α-hetero) is 2. The molecule has 0 atom stereocenters. The number of unbranched alkanes of at least 4 members (excludes halogenated alkanes) is 5. The first-order valence-electron chi connectivity index (χ1n) is 8.27. The minimum atomic E-state index is -0.662. The van der Waals surface area contributed by atoms with E-state index in [0.717, 1.165) is 25.3 Å². The van der Waals surface area contributed by atoms with Crippen LogP contribution in [0, 0.1) is 0 Å². The van der Waals surface area contributed by atoms with Gasteiger partial charge < -0.3 is 15.5 Å². The number of phenols is 2. The lowest BCUT2D eigenvalue weighted by Gasteiger charge is -2.20. The van der Waals surface area contributed by atoms with Crippen molar-refractivity contribution in [3.63, 3.8) is 0 Å². The van der Waals surface area contributed by atoms with Gasteiger partial charge in [0, 0.05) is 6.54 Å². The van der Waals surface area contributed by atoms with Gasteiger partial charge in [0.1, 0.15) is 22.2 Å². The number of hydrogen-bond donors (Lipinski definition) is 3. The van der Waals surface area contributed by atoms with Crippen molar-refractivity contribution in [2.75, 3.05) is 6.54 Å². The van der Waals surface area contributed by atoms with Crippen LogP contribution in [0.3, 0.4) is 0 Å². The summed E-state index contributed by atoms with van der Waals surface area (Å²) in [5, 5.41) is 22.4. The maximum absolute atomic E-state index is 12.5. The molecule has 0 saturated carbocycles. The van der Waals surface area contributed by atoms with Crippen LogP contribution < -0.4 is 5.32 Å². The SMILES string of the molecule is CCCCCCCCNC1=C(Cl)C(=O)c2c(O)ccc(O)c2C1=O. The molecule has 0 bridgehead atoms. The third-order valence-electron chi connectivity index (χ3n) is 4.09. The number of phenolic OH excluding ortho intramolecular Hbond substituents is 2. The van der Waals surface area contributed by atoms with E-state index in [9.17, 15) is 19.8 Å². The molecule has 0 spiro atoms. The van der Waals surface area contributed by atoms with Crippen LogP contribution in [0.15, 0.2) is 22.9 Å². The van der Waals surface area contributed by atoms with Crippen LogP contribution in [0.4, 0.5) is 0 Å². The van der Waals surface area contributed by atoms with E-state index in [1.54, 1.807) is 0 Å². The van der Waals surface area contributed by atoms with Gasteiger partial charge >= 0.3 is 0 Å². The molecule has 1 aliphatic rings. The molecule has 0 aromatic heterocycles. The average Bonchev–Trinajstić information content (AvgIpc) is 2.56. The van der Waals surface area contributed by atoms with E-state index < -0.39 is 11.6 Å². The predicted molar refractivity (Wildman–Crippen MR) is 92.7 cm³/mol. The van der Waals surface area contributed by atoms with Crippen molar-refractivity contribution in [1.82, 2.24) is 5.32 Å². The van der Waals surface area contributed by atoms with E-state index in [-0.39, 0.29) is 33.4 Å². The zero-order valence-electron chi connectivity index (χ0n) is 13.7. The Bertz CT molecular complexity index is 682. The maximum atomic E-state index is 12.5. The van der Waals surface area contributed by atoms with E-state index in [0.29, 0.717) is 6.54 Å². The number of benzene rings is 1. The van der Waals surface area contributed by atoms with Gasteiger partial charge in [-0.1, -0.05) is 50.6 Å². The molecule has 0 radical (unpaired) electrons. The Morgan fingerprint density at radius 3 is 2.08 bits per heavy atom. The summed E-state index contributed by atoms with van der Waals surface area (Å²) in [6.45, 7) is 2.68. The molecule has 1 aromatic carbocycles. The van der Waals surface area contributed by atoms with Crippen molar-refractivity contribution in [2.24, 2.45) is 0 Å². The summed E-state index contributed by atoms with van der Waals surface area (Å²) in [6, 6.07) is 2.35. The molecular weight excluding hydrogens is 330 g/mol. The van der Waals surface area contributed by atoms with Crippen LogP contribution in [0.25, 0.3) is 0 Å². The topological polar surface area (TPSA) is 86.6 Å². The second-order valence-corrected chi connectivity index (χ2v) is 6.27. The van der Waals surface area contributed by atoms with Crippen molar-refractivity contribution in [2.45, 2.75) is 45.4 Å². The predicted octanol–water partition coefficient (Wildman–Crippen LogP) is 3.88. The minimum Gasteiger partial charge on any atom is -0.507 e. The number of aromatic hydroxyl groups is 2. The second kappa shape index (κ2) is 8.20. The summed E-state index contributed by atoms with van der Waals surface area (Å²) in [5.74, 6) is -1.95. The fourth-order valence-corrected chi connectivity index (χ4v) is 3.01. The molecule has 1 aromatic rings. The molecule has 0 heterocycles. The van der Waals surface area contributed by atoms with Crippen LogP contribution in [0.5, 0.6) is 11.5 Å². The number of halogens is 1. The van der Waals surface area contributed by atoms with Crippen LogP contribution in [0.1, 0.15) is 66.2 Å². The average molecular weight is 352 g/mol. The molecule has 130 valence electrons. The summed E-state index contributed by atoms with van der Waals surface area (Å²) in [6.07, 6.45) is 6.62. The smallest absolute Gasteiger partial charge is 0.215 e. The molecule has 0 saturated heterocycles. The van der Waals surface area contributed by atoms with Crippen molar-refractivity contribution < 1.29 is 19.8 Å². The molecule has 24 heavy (non-hydrogen) atoms. The number of hydrogen-bond acceptors (Lipinski definition) is 5. The van der Waals surface area contributed by atoms with Crippen molar-refractivity contribution in [3.05, 3.63) is 34.0 Å². The Hall–Kier alpha value is -2.01. The van der Waals surface area contributed by atoms with E-state index in [1.807, 2.05) is 0 Å². The van der Waals surface area contributed by atoms with E-state index >= 15 is 0 Å². The molecule has 0 fully saturated rings. The van der Waals surface area contributed by atoms with Gasteiger partial charge in [0.15, 0.2) is 0 Å². The number of carbonyl (C=O) groups excluding carboxylic acids is 2.